The van der Waals surface area contributed by atoms with Crippen LogP contribution < -0.4 is 10.6 Å². The third-order valence-electron chi connectivity index (χ3n) is 3.24. The predicted octanol–water partition coefficient (Wildman–Crippen LogP) is 3.50. The normalized spacial score (nSPS) is 10.2. The summed E-state index contributed by atoms with van der Waals surface area (Å²) < 4.78 is 0.815. The Morgan fingerprint density at radius 3 is 2.46 bits per heavy atom. The van der Waals surface area contributed by atoms with Gasteiger partial charge in [-0.25, -0.2) is 9.97 Å². The number of benzene rings is 1. The molecule has 0 bridgehead atoms. The number of hydrogen-bond acceptors (Lipinski definition) is 5. The third kappa shape index (κ3) is 4.14. The minimum atomic E-state index is -0.261. The van der Waals surface area contributed by atoms with Gasteiger partial charge in [0.05, 0.1) is 11.3 Å². The number of carbonyl (C=O) groups is 1. The molecule has 24 heavy (non-hydrogen) atoms. The van der Waals surface area contributed by atoms with E-state index in [1.807, 2.05) is 36.4 Å². The molecule has 2 aromatic heterocycles. The van der Waals surface area contributed by atoms with Crippen LogP contribution in [0.4, 0.5) is 11.6 Å². The standard InChI is InChI=1S/C17H14BrN5O/c18-14-3-1-2-4-15(14)23-16(24)13-10-21-17(22-11-13)20-9-12-5-7-19-8-6-12/h1-8,10-11H,9H2,(H,23,24)(H,20,21,22). The van der Waals surface area contributed by atoms with E-state index in [1.165, 1.54) is 12.4 Å². The number of nitrogens with one attached hydrogen (secondary N) is 2. The molecule has 0 saturated heterocycles. The Bertz CT molecular complexity index is 824. The van der Waals surface area contributed by atoms with Crippen LogP contribution in [0.5, 0.6) is 0 Å². The fourth-order valence-corrected chi connectivity index (χ4v) is 2.36. The van der Waals surface area contributed by atoms with Crippen molar-refractivity contribution < 1.29 is 4.79 Å². The maximum absolute atomic E-state index is 12.2. The maximum Gasteiger partial charge on any atom is 0.258 e. The highest BCUT2D eigenvalue weighted by molar-refractivity contribution is 9.10. The number of rotatable bonds is 5. The van der Waals surface area contributed by atoms with Crippen molar-refractivity contribution in [2.24, 2.45) is 0 Å². The van der Waals surface area contributed by atoms with Gasteiger partial charge in [-0.15, -0.1) is 0 Å². The van der Waals surface area contributed by atoms with Crippen molar-refractivity contribution >= 4 is 33.5 Å². The van der Waals surface area contributed by atoms with E-state index < -0.39 is 0 Å². The van der Waals surface area contributed by atoms with E-state index in [1.54, 1.807) is 12.4 Å². The summed E-state index contributed by atoms with van der Waals surface area (Å²) in [5.74, 6) is 0.201. The van der Waals surface area contributed by atoms with Gasteiger partial charge in [-0.05, 0) is 45.8 Å². The summed E-state index contributed by atoms with van der Waals surface area (Å²) in [6.07, 6.45) is 6.45. The summed E-state index contributed by atoms with van der Waals surface area (Å²) in [5, 5.41) is 5.91. The zero-order valence-corrected chi connectivity index (χ0v) is 14.2. The summed E-state index contributed by atoms with van der Waals surface area (Å²) in [5.41, 5.74) is 2.16. The smallest absolute Gasteiger partial charge is 0.258 e. The molecule has 0 aliphatic rings. The first-order chi connectivity index (χ1) is 11.7. The largest absolute Gasteiger partial charge is 0.350 e. The third-order valence-corrected chi connectivity index (χ3v) is 3.93. The van der Waals surface area contributed by atoms with Crippen molar-refractivity contribution in [3.63, 3.8) is 0 Å². The van der Waals surface area contributed by atoms with Crippen molar-refractivity contribution in [3.05, 3.63) is 76.8 Å². The van der Waals surface area contributed by atoms with Gasteiger partial charge >= 0.3 is 0 Å². The Balaban J connectivity index is 1.61. The van der Waals surface area contributed by atoms with Gasteiger partial charge in [0.1, 0.15) is 0 Å². The molecule has 0 atom stereocenters. The van der Waals surface area contributed by atoms with E-state index in [-0.39, 0.29) is 5.91 Å². The van der Waals surface area contributed by atoms with Crippen molar-refractivity contribution in [1.29, 1.82) is 0 Å². The van der Waals surface area contributed by atoms with E-state index in [2.05, 4.69) is 41.5 Å². The van der Waals surface area contributed by atoms with E-state index >= 15 is 0 Å². The molecular formula is C17H14BrN5O. The monoisotopic (exact) mass is 383 g/mol. The van der Waals surface area contributed by atoms with Gasteiger partial charge < -0.3 is 10.6 Å². The fourth-order valence-electron chi connectivity index (χ4n) is 1.98. The highest BCUT2D eigenvalue weighted by Gasteiger charge is 2.09. The quantitative estimate of drug-likeness (QED) is 0.704. The van der Waals surface area contributed by atoms with Crippen LogP contribution in [-0.2, 0) is 6.54 Å². The number of anilines is 2. The van der Waals surface area contributed by atoms with Crippen LogP contribution in [0.3, 0.4) is 0 Å². The zero-order chi connectivity index (χ0) is 16.8. The zero-order valence-electron chi connectivity index (χ0n) is 12.6. The highest BCUT2D eigenvalue weighted by Crippen LogP contribution is 2.21. The van der Waals surface area contributed by atoms with Crippen LogP contribution in [-0.4, -0.2) is 20.9 Å². The molecule has 2 N–H and O–H groups in total. The second kappa shape index (κ2) is 7.65. The maximum atomic E-state index is 12.2. The van der Waals surface area contributed by atoms with Gasteiger partial charge in [-0.1, -0.05) is 12.1 Å². The lowest BCUT2D eigenvalue weighted by molar-refractivity contribution is 0.102. The second-order valence-electron chi connectivity index (χ2n) is 4.94. The summed E-state index contributed by atoms with van der Waals surface area (Å²) in [6.45, 7) is 0.588. The molecule has 2 heterocycles. The predicted molar refractivity (Wildman–Crippen MR) is 95.7 cm³/mol. The van der Waals surface area contributed by atoms with Crippen molar-refractivity contribution in [2.45, 2.75) is 6.54 Å². The SMILES string of the molecule is O=C(Nc1ccccc1Br)c1cnc(NCc2ccncc2)nc1. The average Bonchev–Trinajstić information content (AvgIpc) is 2.63. The van der Waals surface area contributed by atoms with E-state index in [0.717, 1.165) is 10.0 Å². The molecule has 0 spiro atoms. The number of aromatic nitrogens is 3. The molecule has 1 amide bonds. The highest BCUT2D eigenvalue weighted by atomic mass is 79.9. The Hall–Kier alpha value is -2.80. The van der Waals surface area contributed by atoms with Crippen LogP contribution in [0.15, 0.2) is 65.7 Å². The molecule has 0 saturated carbocycles. The van der Waals surface area contributed by atoms with Gasteiger partial charge in [0, 0.05) is 35.8 Å². The number of hydrogen-bond donors (Lipinski definition) is 2. The van der Waals surface area contributed by atoms with Crippen LogP contribution in [0.25, 0.3) is 0 Å². The molecule has 7 heteroatoms. The summed E-state index contributed by atoms with van der Waals surface area (Å²) >= 11 is 3.39. The van der Waals surface area contributed by atoms with Gasteiger partial charge in [0.25, 0.3) is 5.91 Å². The molecule has 0 fully saturated rings. The first-order valence-corrected chi connectivity index (χ1v) is 8.02. The number of nitrogens with zero attached hydrogens (tertiary/aromatic N) is 3. The van der Waals surface area contributed by atoms with Crippen molar-refractivity contribution in [1.82, 2.24) is 15.0 Å². The van der Waals surface area contributed by atoms with E-state index in [4.69, 9.17) is 0 Å². The lowest BCUT2D eigenvalue weighted by Crippen LogP contribution is -2.13. The van der Waals surface area contributed by atoms with Crippen LogP contribution >= 0.6 is 15.9 Å². The number of para-hydroxylation sites is 1. The topological polar surface area (TPSA) is 79.8 Å². The molecule has 0 aliphatic carbocycles. The Kier molecular flexibility index (Phi) is 5.12. The van der Waals surface area contributed by atoms with Crippen LogP contribution in [0.2, 0.25) is 0 Å². The molecule has 1 aromatic carbocycles. The number of pyridine rings is 1. The fraction of sp³-hybridized carbons (Fsp3) is 0.0588. The minimum Gasteiger partial charge on any atom is -0.350 e. The molecule has 3 aromatic rings. The lowest BCUT2D eigenvalue weighted by atomic mass is 10.2. The molecule has 0 unspecified atom stereocenters. The van der Waals surface area contributed by atoms with Crippen molar-refractivity contribution in [2.75, 3.05) is 10.6 Å². The van der Waals surface area contributed by atoms with Crippen molar-refractivity contribution in [3.8, 4) is 0 Å². The molecule has 6 nitrogen and oxygen atoms in total. The molecule has 120 valence electrons. The molecule has 3 rings (SSSR count). The van der Waals surface area contributed by atoms with Crippen LogP contribution in [0.1, 0.15) is 15.9 Å². The Morgan fingerprint density at radius 2 is 1.75 bits per heavy atom. The van der Waals surface area contributed by atoms with Gasteiger partial charge in [-0.3, -0.25) is 9.78 Å². The summed E-state index contributed by atoms with van der Waals surface area (Å²) in [6, 6.07) is 11.2. The lowest BCUT2D eigenvalue weighted by Gasteiger charge is -2.08. The minimum absolute atomic E-state index is 0.261. The Morgan fingerprint density at radius 1 is 1.04 bits per heavy atom. The van der Waals surface area contributed by atoms with Gasteiger partial charge in [0.2, 0.25) is 5.95 Å². The first kappa shape index (κ1) is 16.1. The molecule has 0 aliphatic heterocycles. The van der Waals surface area contributed by atoms with Gasteiger partial charge in [0.15, 0.2) is 0 Å². The molecular weight excluding hydrogens is 370 g/mol. The van der Waals surface area contributed by atoms with Gasteiger partial charge in [-0.2, -0.15) is 0 Å². The summed E-state index contributed by atoms with van der Waals surface area (Å²) in [4.78, 5) is 24.5. The van der Waals surface area contributed by atoms with E-state index in [9.17, 15) is 4.79 Å². The number of halogens is 1. The van der Waals surface area contributed by atoms with E-state index in [0.29, 0.717) is 23.7 Å². The second-order valence-corrected chi connectivity index (χ2v) is 5.79. The number of amides is 1. The number of carbonyl (C=O) groups excluding carboxylic acids is 1. The molecule has 0 radical (unpaired) electrons. The first-order valence-electron chi connectivity index (χ1n) is 7.23. The Labute approximate surface area is 147 Å². The summed E-state index contributed by atoms with van der Waals surface area (Å²) in [7, 11) is 0. The average molecular weight is 384 g/mol. The van der Waals surface area contributed by atoms with Crippen LogP contribution in [0, 0.1) is 0 Å².